The molecule has 1 saturated carbocycles. The molecular weight excluding hydrogens is 408 g/mol. The van der Waals surface area contributed by atoms with E-state index in [4.69, 9.17) is 4.63 Å². The highest BCUT2D eigenvalue weighted by molar-refractivity contribution is 5.81. The molecule has 162 valence electrons. The van der Waals surface area contributed by atoms with Crippen LogP contribution in [0, 0.1) is 11.8 Å². The molecule has 9 nitrogen and oxygen atoms in total. The van der Waals surface area contributed by atoms with Crippen molar-refractivity contribution in [1.29, 1.82) is 0 Å². The highest BCUT2D eigenvalue weighted by Gasteiger charge is 2.36. The Bertz CT molecular complexity index is 1350. The summed E-state index contributed by atoms with van der Waals surface area (Å²) in [5.74, 6) is 1.55. The monoisotopic (exact) mass is 430 g/mol. The number of aromatic nitrogens is 5. The zero-order valence-corrected chi connectivity index (χ0v) is 17.4. The third kappa shape index (κ3) is 3.39. The highest BCUT2D eigenvalue weighted by Crippen LogP contribution is 2.33. The molecule has 1 atom stereocenters. The Hall–Kier alpha value is -3.75. The standard InChI is InChI=1S/C23H22N6O3/c30-22(16-1-2-16)28-10-9-14(13-28)11-21-24-25-23(31)29(21)18-6-3-15(4-7-18)17-5-8-19-20(12-17)27-32-26-19/h3-8,12,14,16H,1-2,9-11,13H2,(H,25,31). The van der Waals surface area contributed by atoms with Gasteiger partial charge in [-0.3, -0.25) is 4.79 Å². The van der Waals surface area contributed by atoms with Gasteiger partial charge in [-0.1, -0.05) is 18.2 Å². The van der Waals surface area contributed by atoms with Crippen LogP contribution >= 0.6 is 0 Å². The molecule has 2 aliphatic rings. The van der Waals surface area contributed by atoms with Crippen molar-refractivity contribution in [3.63, 3.8) is 0 Å². The van der Waals surface area contributed by atoms with Gasteiger partial charge in [0, 0.05) is 25.4 Å². The molecule has 1 saturated heterocycles. The molecule has 0 bridgehead atoms. The van der Waals surface area contributed by atoms with E-state index in [0.717, 1.165) is 49.2 Å². The first-order valence-corrected chi connectivity index (χ1v) is 10.9. The maximum absolute atomic E-state index is 12.5. The van der Waals surface area contributed by atoms with Crippen molar-refractivity contribution in [1.82, 2.24) is 30.0 Å². The summed E-state index contributed by atoms with van der Waals surface area (Å²) in [5, 5.41) is 14.6. The number of nitrogens with zero attached hydrogens (tertiary/aromatic N) is 5. The minimum Gasteiger partial charge on any atom is -0.342 e. The summed E-state index contributed by atoms with van der Waals surface area (Å²) in [6.45, 7) is 1.55. The van der Waals surface area contributed by atoms with Crippen molar-refractivity contribution < 1.29 is 9.42 Å². The van der Waals surface area contributed by atoms with Gasteiger partial charge >= 0.3 is 5.69 Å². The molecule has 3 heterocycles. The fourth-order valence-electron chi connectivity index (χ4n) is 4.54. The molecular formula is C23H22N6O3. The number of rotatable bonds is 5. The van der Waals surface area contributed by atoms with Gasteiger partial charge in [-0.05, 0) is 70.9 Å². The van der Waals surface area contributed by atoms with Crippen molar-refractivity contribution in [2.45, 2.75) is 25.7 Å². The number of H-pyrrole nitrogens is 1. The van der Waals surface area contributed by atoms with E-state index in [9.17, 15) is 9.59 Å². The summed E-state index contributed by atoms with van der Waals surface area (Å²) in [6.07, 6.45) is 3.65. The van der Waals surface area contributed by atoms with Crippen LogP contribution < -0.4 is 5.69 Å². The number of hydrogen-bond donors (Lipinski definition) is 1. The summed E-state index contributed by atoms with van der Waals surface area (Å²) >= 11 is 0. The first-order valence-electron chi connectivity index (χ1n) is 10.9. The summed E-state index contributed by atoms with van der Waals surface area (Å²) in [4.78, 5) is 26.8. The zero-order chi connectivity index (χ0) is 21.7. The Balaban J connectivity index is 1.22. The van der Waals surface area contributed by atoms with Crippen LogP contribution in [0.25, 0.3) is 27.8 Å². The summed E-state index contributed by atoms with van der Waals surface area (Å²) < 4.78 is 6.39. The minimum absolute atomic E-state index is 0.247. The van der Waals surface area contributed by atoms with Crippen LogP contribution in [-0.2, 0) is 11.2 Å². The average molecular weight is 430 g/mol. The first kappa shape index (κ1) is 19.0. The molecule has 1 aliphatic heterocycles. The molecule has 0 spiro atoms. The number of carbonyl (C=O) groups is 1. The van der Waals surface area contributed by atoms with Gasteiger partial charge < -0.3 is 4.90 Å². The van der Waals surface area contributed by atoms with Gasteiger partial charge in [-0.25, -0.2) is 19.1 Å². The summed E-state index contributed by atoms with van der Waals surface area (Å²) in [6, 6.07) is 13.5. The van der Waals surface area contributed by atoms with E-state index in [1.165, 1.54) is 0 Å². The van der Waals surface area contributed by atoms with E-state index < -0.39 is 0 Å². The molecule has 2 aromatic heterocycles. The Morgan fingerprint density at radius 3 is 2.62 bits per heavy atom. The lowest BCUT2D eigenvalue weighted by Crippen LogP contribution is -2.30. The number of amides is 1. The van der Waals surface area contributed by atoms with Crippen LogP contribution in [0.2, 0.25) is 0 Å². The van der Waals surface area contributed by atoms with E-state index >= 15 is 0 Å². The second-order valence-electron chi connectivity index (χ2n) is 8.71. The Kier molecular flexibility index (Phi) is 4.41. The lowest BCUT2D eigenvalue weighted by molar-refractivity contribution is -0.131. The molecule has 1 aliphatic carbocycles. The molecule has 32 heavy (non-hydrogen) atoms. The maximum Gasteiger partial charge on any atom is 0.347 e. The van der Waals surface area contributed by atoms with Gasteiger partial charge in [0.05, 0.1) is 5.69 Å². The molecule has 0 radical (unpaired) electrons. The van der Waals surface area contributed by atoms with Crippen molar-refractivity contribution in [3.05, 3.63) is 58.8 Å². The van der Waals surface area contributed by atoms with Crippen LogP contribution in [0.5, 0.6) is 0 Å². The molecule has 1 N–H and O–H groups in total. The van der Waals surface area contributed by atoms with Gasteiger partial charge in [0.1, 0.15) is 16.9 Å². The molecule has 9 heteroatoms. The predicted octanol–water partition coefficient (Wildman–Crippen LogP) is 2.56. The lowest BCUT2D eigenvalue weighted by Gasteiger charge is -2.16. The highest BCUT2D eigenvalue weighted by atomic mass is 16.6. The number of benzene rings is 2. The van der Waals surface area contributed by atoms with Crippen molar-refractivity contribution in [2.75, 3.05) is 13.1 Å². The average Bonchev–Trinajstić information content (AvgIpc) is 3.20. The first-order chi connectivity index (χ1) is 15.7. The van der Waals surface area contributed by atoms with Gasteiger partial charge in [-0.15, -0.1) is 0 Å². The SMILES string of the molecule is O=C(C1CC1)N1CCC(Cc2n[nH]c(=O)n2-c2ccc(-c3ccc4nonc4c3)cc2)C1. The van der Waals surface area contributed by atoms with Crippen LogP contribution in [0.15, 0.2) is 51.9 Å². The van der Waals surface area contributed by atoms with E-state index in [2.05, 4.69) is 20.5 Å². The number of hydrogen-bond acceptors (Lipinski definition) is 6. The fraction of sp³-hybridized carbons (Fsp3) is 0.348. The number of carbonyl (C=O) groups excluding carboxylic acids is 1. The quantitative estimate of drug-likeness (QED) is 0.521. The topological polar surface area (TPSA) is 110 Å². The smallest absolute Gasteiger partial charge is 0.342 e. The van der Waals surface area contributed by atoms with Crippen LogP contribution in [0.3, 0.4) is 0 Å². The van der Waals surface area contributed by atoms with Crippen LogP contribution in [0.4, 0.5) is 0 Å². The zero-order valence-electron chi connectivity index (χ0n) is 17.4. The largest absolute Gasteiger partial charge is 0.347 e. The second-order valence-corrected chi connectivity index (χ2v) is 8.71. The van der Waals surface area contributed by atoms with Crippen molar-refractivity contribution >= 4 is 16.9 Å². The Labute approximate surface area is 183 Å². The Morgan fingerprint density at radius 2 is 1.81 bits per heavy atom. The van der Waals surface area contributed by atoms with E-state index in [1.807, 2.05) is 47.4 Å². The van der Waals surface area contributed by atoms with Gasteiger partial charge in [-0.2, -0.15) is 5.10 Å². The number of nitrogens with one attached hydrogen (secondary N) is 1. The fourth-order valence-corrected chi connectivity index (χ4v) is 4.54. The van der Waals surface area contributed by atoms with E-state index in [-0.39, 0.29) is 11.6 Å². The van der Waals surface area contributed by atoms with Crippen molar-refractivity contribution in [2.24, 2.45) is 11.8 Å². The number of aromatic amines is 1. The van der Waals surface area contributed by atoms with E-state index in [0.29, 0.717) is 35.1 Å². The molecule has 1 unspecified atom stereocenters. The second kappa shape index (κ2) is 7.44. The van der Waals surface area contributed by atoms with Crippen LogP contribution in [-0.4, -0.2) is 49.0 Å². The summed E-state index contributed by atoms with van der Waals surface area (Å²) in [7, 11) is 0. The summed E-state index contributed by atoms with van der Waals surface area (Å²) in [5.41, 5.74) is 3.91. The van der Waals surface area contributed by atoms with E-state index in [1.54, 1.807) is 4.57 Å². The molecule has 6 rings (SSSR count). The maximum atomic E-state index is 12.5. The normalized spacial score (nSPS) is 18.5. The van der Waals surface area contributed by atoms with Gasteiger partial charge in [0.25, 0.3) is 0 Å². The molecule has 2 fully saturated rings. The molecule has 2 aromatic carbocycles. The number of likely N-dealkylation sites (tertiary alicyclic amines) is 1. The third-order valence-electron chi connectivity index (χ3n) is 6.45. The third-order valence-corrected chi connectivity index (χ3v) is 6.45. The minimum atomic E-state index is -0.258. The predicted molar refractivity (Wildman–Crippen MR) is 116 cm³/mol. The van der Waals surface area contributed by atoms with Gasteiger partial charge in [0.2, 0.25) is 5.91 Å². The van der Waals surface area contributed by atoms with Crippen LogP contribution in [0.1, 0.15) is 25.1 Å². The van der Waals surface area contributed by atoms with Crippen molar-refractivity contribution in [3.8, 4) is 16.8 Å². The van der Waals surface area contributed by atoms with Gasteiger partial charge in [0.15, 0.2) is 0 Å². The number of fused-ring (bicyclic) bond motifs is 1. The lowest BCUT2D eigenvalue weighted by atomic mass is 10.0. The Morgan fingerprint density at radius 1 is 1.03 bits per heavy atom. The molecule has 1 amide bonds. The molecule has 4 aromatic rings.